The number of nitrogens with zero attached hydrogens (tertiary/aromatic N) is 3. The summed E-state index contributed by atoms with van der Waals surface area (Å²) in [6.07, 6.45) is 7.01. The third-order valence-corrected chi connectivity index (χ3v) is 6.27. The van der Waals surface area contributed by atoms with E-state index < -0.39 is 0 Å². The highest BCUT2D eigenvalue weighted by Crippen LogP contribution is 2.38. The maximum Gasteiger partial charge on any atom is 0.257 e. The second kappa shape index (κ2) is 6.46. The molecule has 6 nitrogen and oxygen atoms in total. The van der Waals surface area contributed by atoms with Crippen LogP contribution < -0.4 is 5.32 Å². The quantitative estimate of drug-likeness (QED) is 0.881. The first-order chi connectivity index (χ1) is 13.1. The van der Waals surface area contributed by atoms with Gasteiger partial charge in [-0.05, 0) is 48.9 Å². The summed E-state index contributed by atoms with van der Waals surface area (Å²) in [5.41, 5.74) is 3.03. The molecule has 1 spiro atoms. The Morgan fingerprint density at radius 3 is 2.74 bits per heavy atom. The summed E-state index contributed by atoms with van der Waals surface area (Å²) in [6, 6.07) is 6.28. The Morgan fingerprint density at radius 1 is 1.22 bits per heavy atom. The molecule has 1 N–H and O–H groups in total. The minimum Gasteiger partial charge on any atom is -0.379 e. The maximum atomic E-state index is 12.8. The van der Waals surface area contributed by atoms with Crippen LogP contribution in [0.5, 0.6) is 0 Å². The van der Waals surface area contributed by atoms with E-state index in [-0.39, 0.29) is 17.5 Å². The fourth-order valence-corrected chi connectivity index (χ4v) is 4.60. The van der Waals surface area contributed by atoms with Gasteiger partial charge in [-0.25, -0.2) is 9.97 Å². The van der Waals surface area contributed by atoms with E-state index in [9.17, 15) is 4.79 Å². The highest BCUT2D eigenvalue weighted by atomic mass is 35.5. The first-order valence-electron chi connectivity index (χ1n) is 9.39. The fourth-order valence-electron chi connectivity index (χ4n) is 4.40. The van der Waals surface area contributed by atoms with Crippen molar-refractivity contribution in [3.8, 4) is 0 Å². The summed E-state index contributed by atoms with van der Waals surface area (Å²) in [5.74, 6) is 0.555. The molecule has 2 aliphatic heterocycles. The van der Waals surface area contributed by atoms with Crippen molar-refractivity contribution in [3.63, 3.8) is 0 Å². The van der Waals surface area contributed by atoms with E-state index in [1.165, 1.54) is 11.1 Å². The summed E-state index contributed by atoms with van der Waals surface area (Å²) in [7, 11) is 0. The molecule has 2 atom stereocenters. The summed E-state index contributed by atoms with van der Waals surface area (Å²) >= 11 is 6.08. The first-order valence-corrected chi connectivity index (χ1v) is 9.76. The molecule has 1 amide bonds. The minimum atomic E-state index is -0.0924. The molecular formula is C20H21ClN4O2. The lowest BCUT2D eigenvalue weighted by Crippen LogP contribution is -2.62. The second-order valence-electron chi connectivity index (χ2n) is 7.69. The van der Waals surface area contributed by atoms with E-state index in [1.54, 1.807) is 12.4 Å². The molecule has 2 saturated heterocycles. The molecule has 5 rings (SSSR count). The van der Waals surface area contributed by atoms with Gasteiger partial charge >= 0.3 is 0 Å². The van der Waals surface area contributed by atoms with Crippen molar-refractivity contribution in [2.45, 2.75) is 37.3 Å². The van der Waals surface area contributed by atoms with E-state index in [1.807, 2.05) is 17.0 Å². The number of anilines is 1. The van der Waals surface area contributed by atoms with Gasteiger partial charge in [-0.3, -0.25) is 4.79 Å². The molecule has 27 heavy (non-hydrogen) atoms. The number of ether oxygens (including phenoxy) is 1. The van der Waals surface area contributed by atoms with E-state index in [2.05, 4.69) is 21.4 Å². The number of halogens is 1. The zero-order chi connectivity index (χ0) is 18.4. The SMILES string of the molecule is O=C(c1cnc(NC2Cc3ccc(Cl)cc3C2)nc1)N1CCC12CCOC2. The predicted octanol–water partition coefficient (Wildman–Crippen LogP) is 2.71. The summed E-state index contributed by atoms with van der Waals surface area (Å²) < 4.78 is 5.50. The van der Waals surface area contributed by atoms with Crippen LogP contribution in [0.1, 0.15) is 34.3 Å². The number of aromatic nitrogens is 2. The van der Waals surface area contributed by atoms with Crippen molar-refractivity contribution in [1.82, 2.24) is 14.9 Å². The third kappa shape index (κ3) is 2.97. The minimum absolute atomic E-state index is 0.00112. The molecule has 2 fully saturated rings. The zero-order valence-corrected chi connectivity index (χ0v) is 15.7. The first kappa shape index (κ1) is 17.0. The highest BCUT2D eigenvalue weighted by Gasteiger charge is 2.50. The second-order valence-corrected chi connectivity index (χ2v) is 8.13. The van der Waals surface area contributed by atoms with Crippen molar-refractivity contribution < 1.29 is 9.53 Å². The van der Waals surface area contributed by atoms with E-state index >= 15 is 0 Å². The lowest BCUT2D eigenvalue weighted by molar-refractivity contribution is -0.00800. The van der Waals surface area contributed by atoms with Crippen molar-refractivity contribution in [2.24, 2.45) is 0 Å². The van der Waals surface area contributed by atoms with E-state index in [4.69, 9.17) is 16.3 Å². The van der Waals surface area contributed by atoms with Crippen molar-refractivity contribution in [2.75, 3.05) is 25.1 Å². The molecule has 0 radical (unpaired) electrons. The van der Waals surface area contributed by atoms with Gasteiger partial charge in [0.1, 0.15) is 0 Å². The van der Waals surface area contributed by atoms with Crippen LogP contribution in [0.2, 0.25) is 5.02 Å². The van der Waals surface area contributed by atoms with Crippen LogP contribution in [-0.2, 0) is 17.6 Å². The smallest absolute Gasteiger partial charge is 0.257 e. The average Bonchev–Trinajstić information content (AvgIpc) is 3.29. The molecule has 1 aliphatic carbocycles. The van der Waals surface area contributed by atoms with Crippen molar-refractivity contribution >= 4 is 23.5 Å². The van der Waals surface area contributed by atoms with Crippen LogP contribution in [0.25, 0.3) is 0 Å². The van der Waals surface area contributed by atoms with Crippen molar-refractivity contribution in [3.05, 3.63) is 52.3 Å². The van der Waals surface area contributed by atoms with Gasteiger partial charge in [0, 0.05) is 36.6 Å². The monoisotopic (exact) mass is 384 g/mol. The molecule has 140 valence electrons. The van der Waals surface area contributed by atoms with Crippen LogP contribution in [-0.4, -0.2) is 52.1 Å². The number of benzene rings is 1. The Bertz CT molecular complexity index is 880. The highest BCUT2D eigenvalue weighted by molar-refractivity contribution is 6.30. The van der Waals surface area contributed by atoms with Gasteiger partial charge in [0.25, 0.3) is 5.91 Å². The van der Waals surface area contributed by atoms with Gasteiger partial charge in [-0.2, -0.15) is 0 Å². The number of likely N-dealkylation sites (tertiary alicyclic amines) is 1. The topological polar surface area (TPSA) is 67.4 Å². The fraction of sp³-hybridized carbons (Fsp3) is 0.450. The number of hydrogen-bond acceptors (Lipinski definition) is 5. The number of carbonyl (C=O) groups is 1. The Hall–Kier alpha value is -2.18. The van der Waals surface area contributed by atoms with Crippen LogP contribution in [0.4, 0.5) is 5.95 Å². The predicted molar refractivity (Wildman–Crippen MR) is 102 cm³/mol. The molecule has 2 unspecified atom stereocenters. The number of amides is 1. The molecular weight excluding hydrogens is 364 g/mol. The Balaban J connectivity index is 1.24. The standard InChI is InChI=1S/C20H21ClN4O2/c21-16-2-1-13-8-17(9-14(13)7-16)24-19-22-10-15(11-23-19)18(26)25-5-3-20(25)4-6-27-12-20/h1-2,7,10-11,17H,3-6,8-9,12H2,(H,22,23,24). The van der Waals surface area contributed by atoms with Crippen LogP contribution in [0.3, 0.4) is 0 Å². The summed E-state index contributed by atoms with van der Waals surface area (Å²) in [5, 5.41) is 4.14. The number of hydrogen-bond donors (Lipinski definition) is 1. The molecule has 1 aromatic heterocycles. The molecule has 3 aliphatic rings. The molecule has 0 bridgehead atoms. The van der Waals surface area contributed by atoms with Crippen LogP contribution >= 0.6 is 11.6 Å². The zero-order valence-electron chi connectivity index (χ0n) is 14.9. The Labute approximate surface area is 162 Å². The van der Waals surface area contributed by atoms with Gasteiger partial charge in [-0.1, -0.05) is 17.7 Å². The maximum absolute atomic E-state index is 12.8. The number of rotatable bonds is 3. The summed E-state index contributed by atoms with van der Waals surface area (Å²) in [6.45, 7) is 2.16. The number of nitrogens with one attached hydrogen (secondary N) is 1. The molecule has 0 saturated carbocycles. The molecule has 2 aromatic rings. The van der Waals surface area contributed by atoms with Gasteiger partial charge in [0.15, 0.2) is 0 Å². The van der Waals surface area contributed by atoms with Gasteiger partial charge in [-0.15, -0.1) is 0 Å². The van der Waals surface area contributed by atoms with Crippen LogP contribution in [0, 0.1) is 0 Å². The van der Waals surface area contributed by atoms with E-state index in [0.717, 1.165) is 43.9 Å². The molecule has 1 aromatic carbocycles. The van der Waals surface area contributed by atoms with Crippen LogP contribution in [0.15, 0.2) is 30.6 Å². The molecule has 3 heterocycles. The van der Waals surface area contributed by atoms with E-state index in [0.29, 0.717) is 18.1 Å². The largest absolute Gasteiger partial charge is 0.379 e. The lowest BCUT2D eigenvalue weighted by Gasteiger charge is -2.49. The average molecular weight is 385 g/mol. The van der Waals surface area contributed by atoms with Gasteiger partial charge < -0.3 is 15.0 Å². The Morgan fingerprint density at radius 2 is 2.04 bits per heavy atom. The lowest BCUT2D eigenvalue weighted by atomic mass is 9.83. The van der Waals surface area contributed by atoms with Gasteiger partial charge in [0.2, 0.25) is 5.95 Å². The molecule has 7 heteroatoms. The number of carbonyl (C=O) groups excluding carboxylic acids is 1. The third-order valence-electron chi connectivity index (χ3n) is 6.03. The Kier molecular flexibility index (Phi) is 4.06. The summed E-state index contributed by atoms with van der Waals surface area (Å²) in [4.78, 5) is 23.4. The number of fused-ring (bicyclic) bond motifs is 1. The normalized spacial score (nSPS) is 26.1. The van der Waals surface area contributed by atoms with Gasteiger partial charge in [0.05, 0.1) is 17.7 Å². The van der Waals surface area contributed by atoms with Crippen molar-refractivity contribution in [1.29, 1.82) is 0 Å².